The van der Waals surface area contributed by atoms with Gasteiger partial charge in [0.2, 0.25) is 0 Å². The van der Waals surface area contributed by atoms with Gasteiger partial charge in [-0.25, -0.2) is 0 Å². The van der Waals surface area contributed by atoms with Crippen LogP contribution < -0.4 is 0 Å². The average Bonchev–Trinajstić information content (AvgIpc) is 3.27. The first-order chi connectivity index (χ1) is 15.3. The Balaban J connectivity index is 1.57. The zero-order chi connectivity index (χ0) is 22.8. The van der Waals surface area contributed by atoms with Gasteiger partial charge in [0.15, 0.2) is 5.16 Å². The Morgan fingerprint density at radius 2 is 1.66 bits per heavy atom. The number of hydroxylamine groups is 2. The van der Waals surface area contributed by atoms with Gasteiger partial charge < -0.3 is 9.77 Å². The van der Waals surface area contributed by atoms with Crippen LogP contribution in [-0.2, 0) is 12.5 Å². The number of alkyl halides is 3. The molecule has 2 aromatic carbocycles. The summed E-state index contributed by atoms with van der Waals surface area (Å²) < 4.78 is 40.9. The molecule has 0 spiro atoms. The van der Waals surface area contributed by atoms with Crippen molar-refractivity contribution in [3.05, 3.63) is 66.0 Å². The van der Waals surface area contributed by atoms with Gasteiger partial charge in [0.1, 0.15) is 12.9 Å². The number of nitrogens with zero attached hydrogens (tertiary/aromatic N) is 4. The molecule has 0 amide bonds. The summed E-state index contributed by atoms with van der Waals surface area (Å²) in [5, 5.41) is 19.5. The molecule has 1 N–H and O–H groups in total. The van der Waals surface area contributed by atoms with E-state index in [0.29, 0.717) is 11.5 Å². The summed E-state index contributed by atoms with van der Waals surface area (Å²) in [5.41, 5.74) is 3.29. The van der Waals surface area contributed by atoms with E-state index in [0.717, 1.165) is 46.0 Å². The minimum absolute atomic E-state index is 0.114. The first-order valence-corrected chi connectivity index (χ1v) is 11.5. The molecular formula is C23H25F3N4OS. The molecule has 0 aliphatic heterocycles. The molecule has 0 radical (unpaired) electrons. The Bertz CT molecular complexity index is 1020. The lowest BCUT2D eigenvalue weighted by atomic mass is 9.74. The summed E-state index contributed by atoms with van der Waals surface area (Å²) in [5.74, 6) is 0.831. The van der Waals surface area contributed by atoms with Crippen LogP contribution in [0.5, 0.6) is 0 Å². The van der Waals surface area contributed by atoms with Crippen LogP contribution in [0.25, 0.3) is 11.1 Å². The zero-order valence-electron chi connectivity index (χ0n) is 17.7. The summed E-state index contributed by atoms with van der Waals surface area (Å²) >= 11 is 1.61. The number of fused-ring (bicyclic) bond motifs is 3. The number of aromatic nitrogens is 3. The smallest absolute Gasteiger partial charge is 0.314 e. The number of aryl methyl sites for hydroxylation is 1. The van der Waals surface area contributed by atoms with Crippen LogP contribution in [0.4, 0.5) is 13.2 Å². The molecule has 0 fully saturated rings. The summed E-state index contributed by atoms with van der Waals surface area (Å²) in [6.07, 6.45) is -0.516. The van der Waals surface area contributed by atoms with Crippen molar-refractivity contribution in [3.63, 3.8) is 0 Å². The molecule has 170 valence electrons. The van der Waals surface area contributed by atoms with Crippen molar-refractivity contribution in [2.75, 3.05) is 18.8 Å². The van der Waals surface area contributed by atoms with E-state index in [1.807, 2.05) is 60.1 Å². The molecule has 0 atom stereocenters. The molecule has 32 heavy (non-hydrogen) atoms. The van der Waals surface area contributed by atoms with Crippen LogP contribution >= 0.6 is 11.8 Å². The maximum Gasteiger partial charge on any atom is 0.403 e. The normalized spacial score (nSPS) is 14.6. The Kier molecular flexibility index (Phi) is 6.60. The molecule has 0 unspecified atom stereocenters. The lowest BCUT2D eigenvalue weighted by Gasteiger charge is -2.35. The molecule has 1 heterocycles. The van der Waals surface area contributed by atoms with Crippen LogP contribution in [0.15, 0.2) is 60.0 Å². The third kappa shape index (κ3) is 4.69. The molecule has 3 aromatic rings. The minimum Gasteiger partial charge on any atom is -0.314 e. The molecule has 0 saturated carbocycles. The highest BCUT2D eigenvalue weighted by Gasteiger charge is 2.45. The second kappa shape index (κ2) is 9.25. The van der Waals surface area contributed by atoms with Gasteiger partial charge in [0, 0.05) is 24.8 Å². The van der Waals surface area contributed by atoms with Gasteiger partial charge in [-0.3, -0.25) is 0 Å². The van der Waals surface area contributed by atoms with Crippen molar-refractivity contribution in [1.29, 1.82) is 0 Å². The van der Waals surface area contributed by atoms with E-state index in [1.165, 1.54) is 0 Å². The summed E-state index contributed by atoms with van der Waals surface area (Å²) in [4.78, 5) is 0. The fourth-order valence-electron chi connectivity index (χ4n) is 4.60. The van der Waals surface area contributed by atoms with E-state index < -0.39 is 18.1 Å². The Morgan fingerprint density at radius 3 is 2.22 bits per heavy atom. The fourth-order valence-corrected chi connectivity index (χ4v) is 5.49. The van der Waals surface area contributed by atoms with E-state index in [-0.39, 0.29) is 6.54 Å². The third-order valence-electron chi connectivity index (χ3n) is 5.89. The van der Waals surface area contributed by atoms with E-state index >= 15 is 0 Å². The van der Waals surface area contributed by atoms with E-state index in [4.69, 9.17) is 0 Å². The van der Waals surface area contributed by atoms with E-state index in [9.17, 15) is 18.4 Å². The average molecular weight is 463 g/mol. The van der Waals surface area contributed by atoms with E-state index in [2.05, 4.69) is 10.2 Å². The molecule has 1 aliphatic carbocycles. The number of hydrogen-bond acceptors (Lipinski definition) is 5. The van der Waals surface area contributed by atoms with Crippen molar-refractivity contribution in [2.24, 2.45) is 7.05 Å². The van der Waals surface area contributed by atoms with Crippen LogP contribution in [0, 0.1) is 0 Å². The van der Waals surface area contributed by atoms with Crippen molar-refractivity contribution in [1.82, 2.24) is 19.8 Å². The van der Waals surface area contributed by atoms with Crippen molar-refractivity contribution in [3.8, 4) is 11.1 Å². The number of benzene rings is 2. The molecule has 0 bridgehead atoms. The molecule has 0 saturated heterocycles. The van der Waals surface area contributed by atoms with Crippen LogP contribution in [0.2, 0.25) is 0 Å². The van der Waals surface area contributed by atoms with Crippen molar-refractivity contribution < 1.29 is 18.4 Å². The van der Waals surface area contributed by atoms with Gasteiger partial charge in [-0.1, -0.05) is 66.7 Å². The van der Waals surface area contributed by atoms with Crippen LogP contribution in [0.3, 0.4) is 0 Å². The highest BCUT2D eigenvalue weighted by atomic mass is 32.2. The molecule has 9 heteroatoms. The largest absolute Gasteiger partial charge is 0.403 e. The number of halogens is 3. The zero-order valence-corrected chi connectivity index (χ0v) is 18.5. The highest BCUT2D eigenvalue weighted by molar-refractivity contribution is 7.99. The molecule has 4 rings (SSSR count). The SMILES string of the molecule is Cn1cnnc1SCCCCC1(CN(O)CC(F)(F)F)c2ccccc2-c2ccccc21. The number of thioether (sulfide) groups is 1. The lowest BCUT2D eigenvalue weighted by Crippen LogP contribution is -2.43. The second-order valence-electron chi connectivity index (χ2n) is 8.14. The van der Waals surface area contributed by atoms with Gasteiger partial charge in [0.05, 0.1) is 0 Å². The summed E-state index contributed by atoms with van der Waals surface area (Å²) in [6.45, 7) is -1.47. The number of hydrogen-bond donors (Lipinski definition) is 1. The predicted octanol–water partition coefficient (Wildman–Crippen LogP) is 5.30. The Labute approximate surface area is 189 Å². The highest BCUT2D eigenvalue weighted by Crippen LogP contribution is 2.51. The first kappa shape index (κ1) is 22.8. The second-order valence-corrected chi connectivity index (χ2v) is 9.20. The number of unbranched alkanes of at least 4 members (excludes halogenated alkanes) is 1. The lowest BCUT2D eigenvalue weighted by molar-refractivity contribution is -0.212. The van der Waals surface area contributed by atoms with Gasteiger partial charge in [-0.15, -0.1) is 10.2 Å². The minimum atomic E-state index is -4.47. The van der Waals surface area contributed by atoms with Gasteiger partial charge in [-0.2, -0.15) is 18.2 Å². The van der Waals surface area contributed by atoms with Crippen molar-refractivity contribution in [2.45, 2.75) is 36.0 Å². The van der Waals surface area contributed by atoms with E-state index in [1.54, 1.807) is 18.1 Å². The molecular weight excluding hydrogens is 437 g/mol. The first-order valence-electron chi connectivity index (χ1n) is 10.5. The fraction of sp³-hybridized carbons (Fsp3) is 0.391. The molecule has 1 aromatic heterocycles. The topological polar surface area (TPSA) is 54.2 Å². The third-order valence-corrected chi connectivity index (χ3v) is 7.01. The Morgan fingerprint density at radius 1 is 1.03 bits per heavy atom. The summed E-state index contributed by atoms with van der Waals surface area (Å²) in [6, 6.07) is 15.7. The molecule has 5 nitrogen and oxygen atoms in total. The van der Waals surface area contributed by atoms with Crippen LogP contribution in [0.1, 0.15) is 30.4 Å². The number of rotatable bonds is 9. The van der Waals surface area contributed by atoms with Gasteiger partial charge in [0.25, 0.3) is 0 Å². The van der Waals surface area contributed by atoms with Gasteiger partial charge >= 0.3 is 6.18 Å². The monoisotopic (exact) mass is 462 g/mol. The maximum atomic E-state index is 13.0. The van der Waals surface area contributed by atoms with Crippen molar-refractivity contribution >= 4 is 11.8 Å². The quantitative estimate of drug-likeness (QED) is 0.266. The maximum absolute atomic E-state index is 13.0. The van der Waals surface area contributed by atoms with Gasteiger partial charge in [-0.05, 0) is 35.1 Å². The standard InChI is InChI=1S/C23H25F3N4OS/c1-29-16-27-28-21(29)32-13-7-6-12-22(14-30(31)15-23(24,25)26)19-10-4-2-8-17(19)18-9-3-5-11-20(18)22/h2-5,8-11,16,31H,6-7,12-15H2,1H3. The summed E-state index contributed by atoms with van der Waals surface area (Å²) in [7, 11) is 1.89. The Hall–Kier alpha value is -2.36. The molecule has 1 aliphatic rings. The van der Waals surface area contributed by atoms with Crippen LogP contribution in [-0.4, -0.2) is 50.1 Å². The predicted molar refractivity (Wildman–Crippen MR) is 118 cm³/mol.